The van der Waals surface area contributed by atoms with Crippen LogP contribution in [0.4, 0.5) is 5.69 Å². The summed E-state index contributed by atoms with van der Waals surface area (Å²) in [5.74, 6) is 0.0735. The Morgan fingerprint density at radius 3 is 2.50 bits per heavy atom. The van der Waals surface area contributed by atoms with Gasteiger partial charge in [-0.25, -0.2) is 4.79 Å². The minimum absolute atomic E-state index is 0.409. The second-order valence-electron chi connectivity index (χ2n) is 4.93. The van der Waals surface area contributed by atoms with Crippen LogP contribution >= 0.6 is 15.9 Å². The molecule has 0 amide bonds. The van der Waals surface area contributed by atoms with Gasteiger partial charge in [0.25, 0.3) is 0 Å². The predicted octanol–water partition coefficient (Wildman–Crippen LogP) is 4.81. The summed E-state index contributed by atoms with van der Waals surface area (Å²) in [7, 11) is 0. The van der Waals surface area contributed by atoms with Gasteiger partial charge < -0.3 is 4.74 Å². The van der Waals surface area contributed by atoms with E-state index in [1.54, 1.807) is 42.9 Å². The molecular weight excluding hydrogens is 368 g/mol. The number of carbonyl (C=O) groups is 1. The summed E-state index contributed by atoms with van der Waals surface area (Å²) >= 11 is 3.41. The van der Waals surface area contributed by atoms with E-state index in [4.69, 9.17) is 4.74 Å². The summed E-state index contributed by atoms with van der Waals surface area (Å²) in [5.41, 5.74) is 2.24. The third kappa shape index (κ3) is 4.36. The van der Waals surface area contributed by atoms with Crippen LogP contribution in [0.25, 0.3) is 0 Å². The number of aliphatic imine (C=N–C) groups is 1. The predicted molar refractivity (Wildman–Crippen MR) is 97.0 cm³/mol. The molecule has 1 heterocycles. The zero-order chi connectivity index (χ0) is 16.8. The quantitative estimate of drug-likeness (QED) is 0.370. The Kier molecular flexibility index (Phi) is 5.13. The smallest absolute Gasteiger partial charge is 0.343 e. The molecule has 0 aliphatic rings. The SMILES string of the molecule is O=C(Oc1ccc(C=Nc2cccc(Br)c2)cc1)c1ccncc1. The minimum atomic E-state index is -0.409. The number of nitrogens with zero attached hydrogens (tertiary/aromatic N) is 2. The molecule has 0 fully saturated rings. The zero-order valence-electron chi connectivity index (χ0n) is 12.6. The van der Waals surface area contributed by atoms with Crippen LogP contribution in [0.2, 0.25) is 0 Å². The number of hydrogen-bond acceptors (Lipinski definition) is 4. The lowest BCUT2D eigenvalue weighted by molar-refractivity contribution is 0.0734. The Morgan fingerprint density at radius 1 is 1.04 bits per heavy atom. The van der Waals surface area contributed by atoms with Gasteiger partial charge >= 0.3 is 5.97 Å². The van der Waals surface area contributed by atoms with Crippen LogP contribution < -0.4 is 4.74 Å². The number of aromatic nitrogens is 1. The van der Waals surface area contributed by atoms with E-state index in [1.165, 1.54) is 0 Å². The molecule has 0 spiro atoms. The van der Waals surface area contributed by atoms with Crippen molar-refractivity contribution in [1.29, 1.82) is 0 Å². The molecule has 118 valence electrons. The van der Waals surface area contributed by atoms with Crippen molar-refractivity contribution in [2.24, 2.45) is 4.99 Å². The van der Waals surface area contributed by atoms with Gasteiger partial charge in [0, 0.05) is 23.1 Å². The second kappa shape index (κ2) is 7.66. The fraction of sp³-hybridized carbons (Fsp3) is 0. The van der Waals surface area contributed by atoms with E-state index in [-0.39, 0.29) is 0 Å². The van der Waals surface area contributed by atoms with Crippen LogP contribution in [0.3, 0.4) is 0 Å². The maximum Gasteiger partial charge on any atom is 0.343 e. The Balaban J connectivity index is 1.66. The zero-order valence-corrected chi connectivity index (χ0v) is 14.2. The number of halogens is 1. The van der Waals surface area contributed by atoms with Gasteiger partial charge in [-0.3, -0.25) is 9.98 Å². The van der Waals surface area contributed by atoms with Gasteiger partial charge in [0.1, 0.15) is 5.75 Å². The third-order valence-electron chi connectivity index (χ3n) is 3.18. The number of hydrogen-bond donors (Lipinski definition) is 0. The molecule has 0 unspecified atom stereocenters. The van der Waals surface area contributed by atoms with E-state index in [0.29, 0.717) is 11.3 Å². The summed E-state index contributed by atoms with van der Waals surface area (Å²) in [6, 6.07) is 18.1. The topological polar surface area (TPSA) is 51.5 Å². The number of ether oxygens (including phenoxy) is 1. The molecular formula is C19H13BrN2O2. The maximum atomic E-state index is 12.0. The molecule has 0 aliphatic heterocycles. The first-order valence-corrected chi connectivity index (χ1v) is 8.02. The van der Waals surface area contributed by atoms with E-state index in [1.807, 2.05) is 36.4 Å². The average molecular weight is 381 g/mol. The standard InChI is InChI=1S/C19H13BrN2O2/c20-16-2-1-3-17(12-16)22-13-14-4-6-18(7-5-14)24-19(23)15-8-10-21-11-9-15/h1-13H. The lowest BCUT2D eigenvalue weighted by Gasteiger charge is -2.04. The van der Waals surface area contributed by atoms with Crippen LogP contribution in [-0.2, 0) is 0 Å². The normalized spacial score (nSPS) is 10.7. The van der Waals surface area contributed by atoms with Crippen molar-refractivity contribution in [1.82, 2.24) is 4.98 Å². The van der Waals surface area contributed by atoms with Crippen molar-refractivity contribution >= 4 is 33.8 Å². The van der Waals surface area contributed by atoms with Crippen molar-refractivity contribution in [3.05, 3.63) is 88.7 Å². The largest absolute Gasteiger partial charge is 0.423 e. The van der Waals surface area contributed by atoms with Gasteiger partial charge in [0.05, 0.1) is 11.3 Å². The number of carbonyl (C=O) groups excluding carboxylic acids is 1. The van der Waals surface area contributed by atoms with Gasteiger partial charge in [-0.1, -0.05) is 22.0 Å². The van der Waals surface area contributed by atoms with Crippen molar-refractivity contribution in [3.8, 4) is 5.75 Å². The van der Waals surface area contributed by atoms with Crippen LogP contribution in [0, 0.1) is 0 Å². The van der Waals surface area contributed by atoms with E-state index >= 15 is 0 Å². The summed E-state index contributed by atoms with van der Waals surface area (Å²) in [5, 5.41) is 0. The van der Waals surface area contributed by atoms with Gasteiger partial charge in [0.15, 0.2) is 0 Å². The van der Waals surface area contributed by atoms with Crippen LogP contribution in [-0.4, -0.2) is 17.2 Å². The van der Waals surface area contributed by atoms with Crippen molar-refractivity contribution in [2.45, 2.75) is 0 Å². The van der Waals surface area contributed by atoms with E-state index in [2.05, 4.69) is 25.9 Å². The number of pyridine rings is 1. The van der Waals surface area contributed by atoms with Gasteiger partial charge in [-0.15, -0.1) is 0 Å². The molecule has 0 saturated carbocycles. The number of esters is 1. The summed E-state index contributed by atoms with van der Waals surface area (Å²) in [6.45, 7) is 0. The lowest BCUT2D eigenvalue weighted by Crippen LogP contribution is -2.08. The Bertz CT molecular complexity index is 862. The molecule has 2 aromatic carbocycles. The fourth-order valence-electron chi connectivity index (χ4n) is 1.98. The lowest BCUT2D eigenvalue weighted by atomic mass is 10.2. The molecule has 0 bridgehead atoms. The highest BCUT2D eigenvalue weighted by molar-refractivity contribution is 9.10. The number of benzene rings is 2. The summed E-state index contributed by atoms with van der Waals surface area (Å²) < 4.78 is 6.30. The molecule has 0 radical (unpaired) electrons. The molecule has 0 N–H and O–H groups in total. The maximum absolute atomic E-state index is 12.0. The van der Waals surface area contributed by atoms with Crippen molar-refractivity contribution < 1.29 is 9.53 Å². The van der Waals surface area contributed by atoms with E-state index in [0.717, 1.165) is 15.7 Å². The molecule has 3 aromatic rings. The summed E-state index contributed by atoms with van der Waals surface area (Å²) in [6.07, 6.45) is 4.87. The molecule has 0 saturated heterocycles. The third-order valence-corrected chi connectivity index (χ3v) is 3.67. The van der Waals surface area contributed by atoms with E-state index < -0.39 is 5.97 Å². The fourth-order valence-corrected chi connectivity index (χ4v) is 2.37. The first kappa shape index (κ1) is 16.1. The molecule has 4 nitrogen and oxygen atoms in total. The van der Waals surface area contributed by atoms with Crippen LogP contribution in [0.5, 0.6) is 5.75 Å². The Labute approximate surface area is 148 Å². The number of rotatable bonds is 4. The summed E-state index contributed by atoms with van der Waals surface area (Å²) in [4.78, 5) is 20.2. The van der Waals surface area contributed by atoms with E-state index in [9.17, 15) is 4.79 Å². The highest BCUT2D eigenvalue weighted by Crippen LogP contribution is 2.19. The average Bonchev–Trinajstić information content (AvgIpc) is 2.62. The van der Waals surface area contributed by atoms with Gasteiger partial charge in [0.2, 0.25) is 0 Å². The minimum Gasteiger partial charge on any atom is -0.423 e. The Morgan fingerprint density at radius 2 is 1.79 bits per heavy atom. The van der Waals surface area contributed by atoms with Crippen molar-refractivity contribution in [2.75, 3.05) is 0 Å². The van der Waals surface area contributed by atoms with Gasteiger partial charge in [-0.05, 0) is 60.2 Å². The molecule has 3 rings (SSSR count). The highest BCUT2D eigenvalue weighted by Gasteiger charge is 2.07. The monoisotopic (exact) mass is 380 g/mol. The first-order valence-electron chi connectivity index (χ1n) is 7.22. The first-order chi connectivity index (χ1) is 11.7. The molecule has 5 heteroatoms. The molecule has 0 aliphatic carbocycles. The molecule has 0 atom stereocenters. The van der Waals surface area contributed by atoms with Crippen molar-refractivity contribution in [3.63, 3.8) is 0 Å². The van der Waals surface area contributed by atoms with Crippen LogP contribution in [0.15, 0.2) is 82.5 Å². The van der Waals surface area contributed by atoms with Gasteiger partial charge in [-0.2, -0.15) is 0 Å². The molecule has 1 aromatic heterocycles. The molecule has 24 heavy (non-hydrogen) atoms. The highest BCUT2D eigenvalue weighted by atomic mass is 79.9. The van der Waals surface area contributed by atoms with Crippen LogP contribution in [0.1, 0.15) is 15.9 Å². The Hall–Kier alpha value is -2.79. The second-order valence-corrected chi connectivity index (χ2v) is 5.85.